The summed E-state index contributed by atoms with van der Waals surface area (Å²) in [6.45, 7) is 28.6. The maximum atomic E-state index is 2.53. The summed E-state index contributed by atoms with van der Waals surface area (Å²) < 4.78 is 0. The molecule has 0 bridgehead atoms. The molecule has 0 fully saturated rings. The minimum Gasteiger partial charge on any atom is -0.0655 e. The number of benzene rings is 5. The van der Waals surface area contributed by atoms with E-state index in [-0.39, 0.29) is 6.71 Å². The topological polar surface area (TPSA) is 0 Å². The lowest BCUT2D eigenvalue weighted by Gasteiger charge is -2.28. The van der Waals surface area contributed by atoms with Crippen LogP contribution >= 0.6 is 0 Å². The molecule has 5 aromatic rings. The lowest BCUT2D eigenvalue weighted by Crippen LogP contribution is -2.27. The fourth-order valence-electron chi connectivity index (χ4n) is 8.24. The molecule has 0 atom stereocenters. The average Bonchev–Trinajstić information content (AvgIpc) is 3.86. The van der Waals surface area contributed by atoms with Crippen molar-refractivity contribution in [1.29, 1.82) is 0 Å². The lowest BCUT2D eigenvalue weighted by atomic mass is 9.49. The summed E-state index contributed by atoms with van der Waals surface area (Å²) in [5.41, 5.74) is 21.5. The van der Waals surface area contributed by atoms with Gasteiger partial charge in [-0.3, -0.25) is 0 Å². The monoisotopic (exact) mass is 670 g/mol. The smallest absolute Gasteiger partial charge is 0.0655 e. The SMILES string of the molecule is CC(C)c1cc(C(C)C)c(-c2cccc(-c3c(C(C)C)cc(C(C)C)cc3C(C)C)c2B2C(c3ccccc3)=C2c2ccccc2)c(C(C)C)c1. The summed E-state index contributed by atoms with van der Waals surface area (Å²) in [6, 6.07) is 39.7. The summed E-state index contributed by atoms with van der Waals surface area (Å²) in [4.78, 5) is 0. The van der Waals surface area contributed by atoms with Gasteiger partial charge in [-0.25, -0.2) is 0 Å². The van der Waals surface area contributed by atoms with Gasteiger partial charge in [0.05, 0.1) is 0 Å². The van der Waals surface area contributed by atoms with E-state index in [1.54, 1.807) is 0 Å². The molecule has 1 heteroatoms. The van der Waals surface area contributed by atoms with Gasteiger partial charge in [-0.1, -0.05) is 203 Å². The second-order valence-electron chi connectivity index (χ2n) is 16.8. The van der Waals surface area contributed by atoms with Crippen LogP contribution in [0.3, 0.4) is 0 Å². The Hall–Kier alpha value is -4.10. The molecule has 0 spiro atoms. The van der Waals surface area contributed by atoms with Gasteiger partial charge < -0.3 is 0 Å². The first-order valence-corrected chi connectivity index (χ1v) is 19.7. The van der Waals surface area contributed by atoms with Crippen molar-refractivity contribution in [1.82, 2.24) is 0 Å². The Labute approximate surface area is 310 Å². The van der Waals surface area contributed by atoms with Crippen molar-refractivity contribution in [2.45, 2.75) is 119 Å². The maximum Gasteiger partial charge on any atom is 0.243 e. The molecule has 0 N–H and O–H groups in total. The molecule has 0 radical (unpaired) electrons. The number of hydrogen-bond acceptors (Lipinski definition) is 0. The molecule has 0 saturated heterocycles. The minimum absolute atomic E-state index is 0.190. The van der Waals surface area contributed by atoms with Crippen molar-refractivity contribution in [3.8, 4) is 22.3 Å². The third-order valence-corrected chi connectivity index (χ3v) is 11.2. The Morgan fingerprint density at radius 1 is 0.353 bits per heavy atom. The van der Waals surface area contributed by atoms with E-state index in [9.17, 15) is 0 Å². The first-order valence-electron chi connectivity index (χ1n) is 19.7. The molecule has 1 aliphatic heterocycles. The standard InChI is InChI=1S/C50H59B/c1-30(2)38-26-42(32(5)6)46(43(27-38)33(7)8)40-24-19-25-41(47-44(34(9)10)28-39(31(3)4)29-45(47)35(11)12)50(40)51-48(36-20-15-13-16-21-36)49(51)37-22-17-14-18-23-37/h13-35H,1-12H3. The predicted octanol–water partition coefficient (Wildman–Crippen LogP) is 14.2. The Morgan fingerprint density at radius 2 is 0.667 bits per heavy atom. The molecular weight excluding hydrogens is 611 g/mol. The quantitative estimate of drug-likeness (QED) is 0.123. The highest BCUT2D eigenvalue weighted by Crippen LogP contribution is 2.50. The number of hydrogen-bond donors (Lipinski definition) is 0. The zero-order chi connectivity index (χ0) is 36.7. The van der Waals surface area contributed by atoms with E-state index >= 15 is 0 Å². The molecule has 0 saturated carbocycles. The van der Waals surface area contributed by atoms with Crippen molar-refractivity contribution in [3.05, 3.63) is 148 Å². The zero-order valence-corrected chi connectivity index (χ0v) is 33.4. The van der Waals surface area contributed by atoms with Crippen LogP contribution in [0, 0.1) is 0 Å². The van der Waals surface area contributed by atoms with E-state index in [1.165, 1.54) is 83.2 Å². The third-order valence-electron chi connectivity index (χ3n) is 11.2. The van der Waals surface area contributed by atoms with Gasteiger partial charge in [0.1, 0.15) is 0 Å². The summed E-state index contributed by atoms with van der Waals surface area (Å²) in [7, 11) is 0. The summed E-state index contributed by atoms with van der Waals surface area (Å²) in [6.07, 6.45) is 0. The van der Waals surface area contributed by atoms with E-state index in [2.05, 4.69) is 186 Å². The molecule has 0 aliphatic carbocycles. The van der Waals surface area contributed by atoms with Crippen LogP contribution in [0.15, 0.2) is 103 Å². The molecular formula is C50H59B. The second kappa shape index (κ2) is 14.9. The first kappa shape index (κ1) is 36.7. The molecule has 51 heavy (non-hydrogen) atoms. The van der Waals surface area contributed by atoms with Crippen LogP contribution in [0.5, 0.6) is 0 Å². The Morgan fingerprint density at radius 3 is 0.941 bits per heavy atom. The molecule has 0 nitrogen and oxygen atoms in total. The summed E-state index contributed by atoms with van der Waals surface area (Å²) in [5, 5.41) is 0. The largest absolute Gasteiger partial charge is 0.243 e. The minimum atomic E-state index is 0.190. The van der Waals surface area contributed by atoms with Crippen LogP contribution in [-0.2, 0) is 0 Å². The Kier molecular flexibility index (Phi) is 10.7. The highest BCUT2D eigenvalue weighted by atomic mass is 14.3. The lowest BCUT2D eigenvalue weighted by molar-refractivity contribution is 0.807. The van der Waals surface area contributed by atoms with Crippen LogP contribution in [0.25, 0.3) is 33.2 Å². The fraction of sp³-hybridized carbons (Fsp3) is 0.360. The van der Waals surface area contributed by atoms with Gasteiger partial charge >= 0.3 is 0 Å². The van der Waals surface area contributed by atoms with Crippen LogP contribution in [0.4, 0.5) is 0 Å². The molecule has 262 valence electrons. The fourth-order valence-corrected chi connectivity index (χ4v) is 8.24. The second-order valence-corrected chi connectivity index (χ2v) is 16.8. The maximum absolute atomic E-state index is 2.53. The van der Waals surface area contributed by atoms with E-state index in [4.69, 9.17) is 0 Å². The van der Waals surface area contributed by atoms with Gasteiger partial charge in [0.25, 0.3) is 0 Å². The number of rotatable bonds is 11. The van der Waals surface area contributed by atoms with Crippen molar-refractivity contribution in [2.75, 3.05) is 0 Å². The predicted molar refractivity (Wildman–Crippen MR) is 227 cm³/mol. The third kappa shape index (κ3) is 7.07. The highest BCUT2D eigenvalue weighted by Gasteiger charge is 2.46. The van der Waals surface area contributed by atoms with Crippen molar-refractivity contribution < 1.29 is 0 Å². The molecule has 5 aromatic carbocycles. The molecule has 0 unspecified atom stereocenters. The van der Waals surface area contributed by atoms with Crippen molar-refractivity contribution in [2.24, 2.45) is 0 Å². The summed E-state index contributed by atoms with van der Waals surface area (Å²) in [5.74, 6) is 2.52. The first-order chi connectivity index (χ1) is 24.3. The highest BCUT2D eigenvalue weighted by molar-refractivity contribution is 7.20. The molecule has 1 heterocycles. The Balaban J connectivity index is 1.78. The molecule has 0 aromatic heterocycles. The van der Waals surface area contributed by atoms with Crippen LogP contribution in [0.2, 0.25) is 0 Å². The van der Waals surface area contributed by atoms with Gasteiger partial charge in [-0.05, 0) is 102 Å². The molecule has 0 amide bonds. The average molecular weight is 671 g/mol. The van der Waals surface area contributed by atoms with E-state index in [0.717, 1.165) is 0 Å². The van der Waals surface area contributed by atoms with Crippen LogP contribution in [0.1, 0.15) is 163 Å². The van der Waals surface area contributed by atoms with E-state index in [1.807, 2.05) is 0 Å². The Bertz CT molecular complexity index is 1840. The van der Waals surface area contributed by atoms with E-state index < -0.39 is 0 Å². The van der Waals surface area contributed by atoms with Gasteiger partial charge in [-0.2, -0.15) is 0 Å². The molecule has 1 aliphatic rings. The van der Waals surface area contributed by atoms with Gasteiger partial charge in [0.15, 0.2) is 0 Å². The van der Waals surface area contributed by atoms with Crippen molar-refractivity contribution >= 4 is 23.1 Å². The van der Waals surface area contributed by atoms with Crippen LogP contribution < -0.4 is 5.46 Å². The van der Waals surface area contributed by atoms with E-state index in [0.29, 0.717) is 35.5 Å². The van der Waals surface area contributed by atoms with Gasteiger partial charge in [-0.15, -0.1) is 0 Å². The zero-order valence-electron chi connectivity index (χ0n) is 33.4. The van der Waals surface area contributed by atoms with Gasteiger partial charge in [0.2, 0.25) is 6.71 Å². The molecule has 6 rings (SSSR count). The van der Waals surface area contributed by atoms with Crippen molar-refractivity contribution in [3.63, 3.8) is 0 Å². The van der Waals surface area contributed by atoms with Gasteiger partial charge in [0, 0.05) is 0 Å². The normalized spacial score (nSPS) is 13.3. The van der Waals surface area contributed by atoms with Crippen LogP contribution in [-0.4, -0.2) is 6.71 Å². The summed E-state index contributed by atoms with van der Waals surface area (Å²) >= 11 is 0.